The molecular weight excluding hydrogens is 360 g/mol. The summed E-state index contributed by atoms with van der Waals surface area (Å²) < 4.78 is 10.9. The standard InChI is InChI=1S/C21H18N2O5/c1-3-11-27-15-10-9-13(12-16(15)26-2)18-17-19(28-22-18)21(25)23(20(17)24)14-7-5-4-6-8-14/h3-10,12,17,19H,1,11H2,2H3/t17-,19-/m0/s1. The number of methoxy groups -OCH3 is 1. The number of para-hydroxylation sites is 1. The van der Waals surface area contributed by atoms with Crippen LogP contribution in [0, 0.1) is 5.92 Å². The molecule has 28 heavy (non-hydrogen) atoms. The van der Waals surface area contributed by atoms with Crippen LogP contribution in [-0.2, 0) is 14.4 Å². The number of fused-ring (bicyclic) bond motifs is 1. The zero-order chi connectivity index (χ0) is 19.7. The van der Waals surface area contributed by atoms with E-state index < -0.39 is 17.9 Å². The molecule has 0 aromatic heterocycles. The Morgan fingerprint density at radius 3 is 2.64 bits per heavy atom. The summed E-state index contributed by atoms with van der Waals surface area (Å²) in [7, 11) is 1.52. The highest BCUT2D eigenvalue weighted by molar-refractivity contribution is 6.32. The second-order valence-electron chi connectivity index (χ2n) is 6.29. The Hall–Kier alpha value is -3.61. The van der Waals surface area contributed by atoms with Crippen LogP contribution in [0.2, 0.25) is 0 Å². The summed E-state index contributed by atoms with van der Waals surface area (Å²) >= 11 is 0. The number of anilines is 1. The van der Waals surface area contributed by atoms with E-state index in [0.29, 0.717) is 35.1 Å². The van der Waals surface area contributed by atoms with Crippen LogP contribution in [0.15, 0.2) is 66.3 Å². The van der Waals surface area contributed by atoms with Gasteiger partial charge in [-0.25, -0.2) is 4.90 Å². The summed E-state index contributed by atoms with van der Waals surface area (Å²) in [5, 5.41) is 4.02. The van der Waals surface area contributed by atoms with Gasteiger partial charge in [0.2, 0.25) is 12.0 Å². The number of nitrogens with zero attached hydrogens (tertiary/aromatic N) is 2. The Morgan fingerprint density at radius 2 is 1.93 bits per heavy atom. The summed E-state index contributed by atoms with van der Waals surface area (Å²) in [6, 6.07) is 14.0. The predicted molar refractivity (Wildman–Crippen MR) is 103 cm³/mol. The van der Waals surface area contributed by atoms with E-state index in [1.165, 1.54) is 7.11 Å². The van der Waals surface area contributed by atoms with Gasteiger partial charge in [0.15, 0.2) is 11.5 Å². The number of hydrogen-bond donors (Lipinski definition) is 0. The molecular formula is C21H18N2O5. The predicted octanol–water partition coefficient (Wildman–Crippen LogP) is 2.55. The monoisotopic (exact) mass is 378 g/mol. The van der Waals surface area contributed by atoms with Gasteiger partial charge < -0.3 is 14.3 Å². The van der Waals surface area contributed by atoms with Crippen LogP contribution >= 0.6 is 0 Å². The van der Waals surface area contributed by atoms with Gasteiger partial charge in [0.1, 0.15) is 18.2 Å². The smallest absolute Gasteiger partial charge is 0.278 e. The SMILES string of the molecule is C=CCOc1ccc(C2=NO[C@@H]3C(=O)N(c4ccccc4)C(=O)[C@@H]23)cc1OC. The molecule has 2 atom stereocenters. The average Bonchev–Trinajstić information content (AvgIpc) is 3.27. The molecule has 2 aromatic rings. The fraction of sp³-hybridized carbons (Fsp3) is 0.190. The van der Waals surface area contributed by atoms with E-state index in [1.807, 2.05) is 6.07 Å². The second-order valence-corrected chi connectivity index (χ2v) is 6.29. The van der Waals surface area contributed by atoms with Crippen LogP contribution in [0.5, 0.6) is 11.5 Å². The first-order chi connectivity index (χ1) is 13.7. The summed E-state index contributed by atoms with van der Waals surface area (Å²) in [5.41, 5.74) is 1.54. The molecule has 0 spiro atoms. The van der Waals surface area contributed by atoms with Crippen molar-refractivity contribution in [3.05, 3.63) is 66.7 Å². The normalized spacial score (nSPS) is 20.5. The van der Waals surface area contributed by atoms with Gasteiger partial charge >= 0.3 is 0 Å². The lowest BCUT2D eigenvalue weighted by atomic mass is 9.94. The molecule has 4 rings (SSSR count). The van der Waals surface area contributed by atoms with E-state index in [-0.39, 0.29) is 5.91 Å². The molecule has 2 aromatic carbocycles. The van der Waals surface area contributed by atoms with Gasteiger partial charge in [-0.1, -0.05) is 36.0 Å². The molecule has 2 amide bonds. The first-order valence-electron chi connectivity index (χ1n) is 8.74. The quantitative estimate of drug-likeness (QED) is 0.570. The number of carbonyl (C=O) groups is 2. The van der Waals surface area contributed by atoms with E-state index >= 15 is 0 Å². The lowest BCUT2D eigenvalue weighted by Crippen LogP contribution is -2.33. The number of rotatable bonds is 6. The first kappa shape index (κ1) is 17.8. The summed E-state index contributed by atoms with van der Waals surface area (Å²) in [6.07, 6.45) is 0.679. The molecule has 0 N–H and O–H groups in total. The molecule has 2 heterocycles. The van der Waals surface area contributed by atoms with E-state index in [0.717, 1.165) is 4.90 Å². The Labute approximate surface area is 161 Å². The number of ether oxygens (including phenoxy) is 2. The fourth-order valence-electron chi connectivity index (χ4n) is 3.34. The molecule has 2 aliphatic rings. The highest BCUT2D eigenvalue weighted by atomic mass is 16.7. The van der Waals surface area contributed by atoms with Crippen molar-refractivity contribution < 1.29 is 23.9 Å². The maximum atomic E-state index is 13.0. The minimum absolute atomic E-state index is 0.337. The largest absolute Gasteiger partial charge is 0.493 e. The third kappa shape index (κ3) is 2.81. The van der Waals surface area contributed by atoms with Gasteiger partial charge in [0, 0.05) is 5.56 Å². The molecule has 0 unspecified atom stereocenters. The van der Waals surface area contributed by atoms with Crippen molar-refractivity contribution in [2.45, 2.75) is 6.10 Å². The van der Waals surface area contributed by atoms with Crippen LogP contribution in [0.3, 0.4) is 0 Å². The third-order valence-electron chi connectivity index (χ3n) is 4.64. The lowest BCUT2D eigenvalue weighted by Gasteiger charge is -2.15. The van der Waals surface area contributed by atoms with E-state index in [2.05, 4.69) is 11.7 Å². The molecule has 0 bridgehead atoms. The van der Waals surface area contributed by atoms with Gasteiger partial charge in [-0.3, -0.25) is 9.59 Å². The zero-order valence-electron chi connectivity index (χ0n) is 15.2. The Morgan fingerprint density at radius 1 is 1.14 bits per heavy atom. The van der Waals surface area contributed by atoms with Crippen LogP contribution < -0.4 is 14.4 Å². The summed E-state index contributed by atoms with van der Waals surface area (Å²) in [6.45, 7) is 3.96. The topological polar surface area (TPSA) is 77.4 Å². The van der Waals surface area contributed by atoms with Crippen LogP contribution in [-0.4, -0.2) is 37.3 Å². The molecule has 2 aliphatic heterocycles. The van der Waals surface area contributed by atoms with Crippen molar-refractivity contribution in [1.82, 2.24) is 0 Å². The van der Waals surface area contributed by atoms with Gasteiger partial charge in [-0.2, -0.15) is 0 Å². The van der Waals surface area contributed by atoms with E-state index in [1.54, 1.807) is 48.5 Å². The maximum absolute atomic E-state index is 13.0. The number of imide groups is 1. The van der Waals surface area contributed by atoms with Crippen molar-refractivity contribution in [2.75, 3.05) is 18.6 Å². The minimum Gasteiger partial charge on any atom is -0.493 e. The van der Waals surface area contributed by atoms with Crippen LogP contribution in [0.4, 0.5) is 5.69 Å². The number of oxime groups is 1. The van der Waals surface area contributed by atoms with E-state index in [9.17, 15) is 9.59 Å². The van der Waals surface area contributed by atoms with Gasteiger partial charge in [-0.05, 0) is 30.3 Å². The summed E-state index contributed by atoms with van der Waals surface area (Å²) in [5.74, 6) is -0.539. The van der Waals surface area contributed by atoms with Gasteiger partial charge in [-0.15, -0.1) is 0 Å². The van der Waals surface area contributed by atoms with E-state index in [4.69, 9.17) is 14.3 Å². The van der Waals surface area contributed by atoms with Crippen molar-refractivity contribution in [1.29, 1.82) is 0 Å². The van der Waals surface area contributed by atoms with Crippen molar-refractivity contribution >= 4 is 23.2 Å². The van der Waals surface area contributed by atoms with Gasteiger partial charge in [0.05, 0.1) is 12.8 Å². The number of hydrogen-bond acceptors (Lipinski definition) is 6. The number of benzene rings is 2. The molecule has 7 heteroatoms. The molecule has 0 radical (unpaired) electrons. The molecule has 1 saturated heterocycles. The zero-order valence-corrected chi connectivity index (χ0v) is 15.2. The highest BCUT2D eigenvalue weighted by Crippen LogP contribution is 2.37. The maximum Gasteiger partial charge on any atom is 0.278 e. The molecule has 0 saturated carbocycles. The number of carbonyl (C=O) groups excluding carboxylic acids is 2. The Kier molecular flexibility index (Phi) is 4.57. The Bertz CT molecular complexity index is 970. The third-order valence-corrected chi connectivity index (χ3v) is 4.64. The molecule has 0 aliphatic carbocycles. The Balaban J connectivity index is 1.65. The van der Waals surface area contributed by atoms with Crippen LogP contribution in [0.1, 0.15) is 5.56 Å². The van der Waals surface area contributed by atoms with Gasteiger partial charge in [0.25, 0.3) is 5.91 Å². The molecule has 1 fully saturated rings. The fourth-order valence-corrected chi connectivity index (χ4v) is 3.34. The molecule has 142 valence electrons. The van der Waals surface area contributed by atoms with Crippen LogP contribution in [0.25, 0.3) is 0 Å². The minimum atomic E-state index is -0.953. The first-order valence-corrected chi connectivity index (χ1v) is 8.74. The lowest BCUT2D eigenvalue weighted by molar-refractivity contribution is -0.126. The second kappa shape index (κ2) is 7.19. The number of amides is 2. The van der Waals surface area contributed by atoms with Crippen molar-refractivity contribution in [3.8, 4) is 11.5 Å². The molecule has 7 nitrogen and oxygen atoms in total. The van der Waals surface area contributed by atoms with Crippen molar-refractivity contribution in [2.24, 2.45) is 11.1 Å². The average molecular weight is 378 g/mol. The highest BCUT2D eigenvalue weighted by Gasteiger charge is 2.56. The van der Waals surface area contributed by atoms with Crippen molar-refractivity contribution in [3.63, 3.8) is 0 Å². The summed E-state index contributed by atoms with van der Waals surface area (Å²) in [4.78, 5) is 32.2.